The molecule has 1 atom stereocenters. The van der Waals surface area contributed by atoms with Gasteiger partial charge in [0.25, 0.3) is 5.91 Å². The molecule has 118 valence electrons. The van der Waals surface area contributed by atoms with Gasteiger partial charge in [-0.15, -0.1) is 0 Å². The monoisotopic (exact) mass is 312 g/mol. The first kappa shape index (κ1) is 13.7. The van der Waals surface area contributed by atoms with Gasteiger partial charge in [0, 0.05) is 13.1 Å². The Morgan fingerprint density at radius 2 is 2.35 bits per heavy atom. The maximum Gasteiger partial charge on any atom is 0.257 e. The van der Waals surface area contributed by atoms with Crippen molar-refractivity contribution < 1.29 is 9.21 Å². The molecule has 0 fully saturated rings. The van der Waals surface area contributed by atoms with Crippen LogP contribution in [0.1, 0.15) is 34.8 Å². The third kappa shape index (κ3) is 2.32. The number of aromatic nitrogens is 5. The number of hydrogen-bond acceptors (Lipinski definition) is 5. The van der Waals surface area contributed by atoms with Gasteiger partial charge < -0.3 is 13.9 Å². The predicted octanol–water partition coefficient (Wildman–Crippen LogP) is 1.33. The molecular weight excluding hydrogens is 296 g/mol. The van der Waals surface area contributed by atoms with E-state index in [1.165, 1.54) is 18.9 Å². The largest absolute Gasteiger partial charge is 0.472 e. The van der Waals surface area contributed by atoms with E-state index in [0.29, 0.717) is 25.2 Å². The molecule has 0 saturated heterocycles. The Morgan fingerprint density at radius 3 is 3.09 bits per heavy atom. The van der Waals surface area contributed by atoms with Crippen LogP contribution < -0.4 is 0 Å². The van der Waals surface area contributed by atoms with E-state index in [1.54, 1.807) is 17.1 Å². The number of carbonyl (C=O) groups is 1. The lowest BCUT2D eigenvalue weighted by molar-refractivity contribution is 0.0635. The molecule has 8 heteroatoms. The molecule has 4 rings (SSSR count). The first-order valence-electron chi connectivity index (χ1n) is 7.44. The third-order valence-corrected chi connectivity index (χ3v) is 4.19. The molecule has 1 unspecified atom stereocenters. The van der Waals surface area contributed by atoms with E-state index in [1.807, 2.05) is 18.0 Å². The molecule has 1 amide bonds. The minimum Gasteiger partial charge on any atom is -0.472 e. The lowest BCUT2D eigenvalue weighted by Crippen LogP contribution is -2.41. The Bertz CT molecular complexity index is 805. The van der Waals surface area contributed by atoms with Gasteiger partial charge in [0.2, 0.25) is 0 Å². The van der Waals surface area contributed by atoms with Crippen LogP contribution in [0.2, 0.25) is 0 Å². The van der Waals surface area contributed by atoms with Crippen LogP contribution in [0, 0.1) is 0 Å². The fraction of sp³-hybridized carbons (Fsp3) is 0.333. The molecule has 8 nitrogen and oxygen atoms in total. The van der Waals surface area contributed by atoms with Gasteiger partial charge in [-0.2, -0.15) is 5.10 Å². The van der Waals surface area contributed by atoms with Crippen LogP contribution in [0.15, 0.2) is 41.9 Å². The van der Waals surface area contributed by atoms with Crippen molar-refractivity contribution in [1.29, 1.82) is 0 Å². The summed E-state index contributed by atoms with van der Waals surface area (Å²) in [7, 11) is 0. The molecule has 0 N–H and O–H groups in total. The normalized spacial score (nSPS) is 17.3. The summed E-state index contributed by atoms with van der Waals surface area (Å²) < 4.78 is 8.93. The highest BCUT2D eigenvalue weighted by Gasteiger charge is 2.31. The van der Waals surface area contributed by atoms with Gasteiger partial charge in [-0.25, -0.2) is 14.6 Å². The zero-order valence-electron chi connectivity index (χ0n) is 12.7. The molecule has 1 aliphatic heterocycles. The molecule has 0 spiro atoms. The first-order valence-corrected chi connectivity index (χ1v) is 7.44. The van der Waals surface area contributed by atoms with Gasteiger partial charge in [0.1, 0.15) is 24.7 Å². The Morgan fingerprint density at radius 1 is 1.43 bits per heavy atom. The molecule has 0 saturated carbocycles. The van der Waals surface area contributed by atoms with Gasteiger partial charge >= 0.3 is 0 Å². The van der Waals surface area contributed by atoms with E-state index in [9.17, 15) is 4.79 Å². The summed E-state index contributed by atoms with van der Waals surface area (Å²) in [5, 5.41) is 4.13. The number of amides is 1. The minimum absolute atomic E-state index is 0.0293. The fourth-order valence-corrected chi connectivity index (χ4v) is 3.00. The predicted molar refractivity (Wildman–Crippen MR) is 79.5 cm³/mol. The summed E-state index contributed by atoms with van der Waals surface area (Å²) in [5.74, 6) is 0.863. The van der Waals surface area contributed by atoms with Crippen LogP contribution in [-0.2, 0) is 13.1 Å². The molecule has 0 aliphatic carbocycles. The van der Waals surface area contributed by atoms with Crippen molar-refractivity contribution in [1.82, 2.24) is 29.2 Å². The average Bonchev–Trinajstić information content (AvgIpc) is 3.30. The smallest absolute Gasteiger partial charge is 0.257 e. The maximum atomic E-state index is 12.6. The number of carbonyl (C=O) groups excluding carboxylic acids is 1. The molecule has 0 radical (unpaired) electrons. The highest BCUT2D eigenvalue weighted by Crippen LogP contribution is 2.27. The van der Waals surface area contributed by atoms with Crippen molar-refractivity contribution in [2.24, 2.45) is 0 Å². The van der Waals surface area contributed by atoms with Crippen molar-refractivity contribution in [3.8, 4) is 0 Å². The van der Waals surface area contributed by atoms with Crippen LogP contribution >= 0.6 is 0 Å². The van der Waals surface area contributed by atoms with Crippen molar-refractivity contribution >= 4 is 5.91 Å². The number of rotatable bonds is 3. The van der Waals surface area contributed by atoms with Crippen molar-refractivity contribution in [3.63, 3.8) is 0 Å². The lowest BCUT2D eigenvalue weighted by Gasteiger charge is -2.34. The second-order valence-corrected chi connectivity index (χ2v) is 5.54. The second-order valence-electron chi connectivity index (χ2n) is 5.54. The Labute approximate surface area is 132 Å². The summed E-state index contributed by atoms with van der Waals surface area (Å²) in [6.07, 6.45) is 8.03. The molecule has 4 heterocycles. The van der Waals surface area contributed by atoms with Crippen LogP contribution in [-0.4, -0.2) is 41.7 Å². The number of nitrogens with zero attached hydrogens (tertiary/aromatic N) is 6. The van der Waals surface area contributed by atoms with E-state index in [2.05, 4.69) is 19.6 Å². The average molecular weight is 312 g/mol. The quantitative estimate of drug-likeness (QED) is 0.729. The van der Waals surface area contributed by atoms with Crippen LogP contribution in [0.4, 0.5) is 0 Å². The standard InChI is InChI=1S/C15H16N6O2/c1-11-14-17-6-13(7-19-10-16-9-18-19)21(14)4-3-20(11)15(22)12-2-5-23-8-12/h2,5-6,8-11H,3-4,7H2,1H3. The number of fused-ring (bicyclic) bond motifs is 1. The van der Waals surface area contributed by atoms with E-state index >= 15 is 0 Å². The summed E-state index contributed by atoms with van der Waals surface area (Å²) >= 11 is 0. The van der Waals surface area contributed by atoms with Crippen molar-refractivity contribution in [2.75, 3.05) is 6.54 Å². The van der Waals surface area contributed by atoms with Gasteiger partial charge in [-0.05, 0) is 13.0 Å². The van der Waals surface area contributed by atoms with Crippen molar-refractivity contribution in [3.05, 3.63) is 54.5 Å². The Kier molecular flexibility index (Phi) is 3.22. The highest BCUT2D eigenvalue weighted by atomic mass is 16.3. The van der Waals surface area contributed by atoms with Crippen LogP contribution in [0.3, 0.4) is 0 Å². The number of hydrogen-bond donors (Lipinski definition) is 0. The molecule has 3 aromatic rings. The Hall–Kier alpha value is -2.90. The van der Waals surface area contributed by atoms with Crippen LogP contribution in [0.5, 0.6) is 0 Å². The van der Waals surface area contributed by atoms with E-state index in [-0.39, 0.29) is 11.9 Å². The lowest BCUT2D eigenvalue weighted by atomic mass is 10.1. The van der Waals surface area contributed by atoms with Gasteiger partial charge in [-0.3, -0.25) is 4.79 Å². The highest BCUT2D eigenvalue weighted by molar-refractivity contribution is 5.94. The number of furan rings is 1. The summed E-state index contributed by atoms with van der Waals surface area (Å²) in [6, 6.07) is 1.60. The third-order valence-electron chi connectivity index (χ3n) is 4.19. The fourth-order valence-electron chi connectivity index (χ4n) is 3.00. The minimum atomic E-state index is -0.0874. The zero-order chi connectivity index (χ0) is 15.8. The Balaban J connectivity index is 1.59. The summed E-state index contributed by atoms with van der Waals surface area (Å²) in [6.45, 7) is 3.97. The van der Waals surface area contributed by atoms with Crippen LogP contribution in [0.25, 0.3) is 0 Å². The molecule has 23 heavy (non-hydrogen) atoms. The summed E-state index contributed by atoms with van der Waals surface area (Å²) in [5.41, 5.74) is 1.63. The number of imidazole rings is 1. The second kappa shape index (κ2) is 5.38. The molecule has 0 aromatic carbocycles. The van der Waals surface area contributed by atoms with Crippen molar-refractivity contribution in [2.45, 2.75) is 26.1 Å². The summed E-state index contributed by atoms with van der Waals surface area (Å²) in [4.78, 5) is 22.8. The van der Waals surface area contributed by atoms with Gasteiger partial charge in [-0.1, -0.05) is 0 Å². The van der Waals surface area contributed by atoms with E-state index < -0.39 is 0 Å². The molecule has 3 aromatic heterocycles. The molecule has 1 aliphatic rings. The van der Waals surface area contributed by atoms with E-state index in [0.717, 1.165) is 11.5 Å². The van der Waals surface area contributed by atoms with Gasteiger partial charge in [0.05, 0.1) is 36.3 Å². The zero-order valence-corrected chi connectivity index (χ0v) is 12.7. The molecule has 0 bridgehead atoms. The SMILES string of the molecule is CC1c2ncc(Cn3cncn3)n2CCN1C(=O)c1ccoc1. The van der Waals surface area contributed by atoms with Gasteiger partial charge in [0.15, 0.2) is 0 Å². The first-order chi connectivity index (χ1) is 11.2. The van der Waals surface area contributed by atoms with E-state index in [4.69, 9.17) is 4.42 Å². The topological polar surface area (TPSA) is 82.0 Å². The molecular formula is C15H16N6O2. The maximum absolute atomic E-state index is 12.6.